The van der Waals surface area contributed by atoms with Crippen LogP contribution < -0.4 is 5.73 Å². The van der Waals surface area contributed by atoms with Crippen LogP contribution in [0.2, 0.25) is 0 Å². The summed E-state index contributed by atoms with van der Waals surface area (Å²) < 4.78 is 27.3. The van der Waals surface area contributed by atoms with Crippen LogP contribution in [0, 0.1) is 3.57 Å². The molecule has 0 aliphatic carbocycles. The van der Waals surface area contributed by atoms with E-state index in [9.17, 15) is 8.42 Å². The zero-order chi connectivity index (χ0) is 12.5. The zero-order valence-corrected chi connectivity index (χ0v) is 13.5. The Labute approximate surface area is 128 Å². The molecule has 2 N–H and O–H groups in total. The third-order valence-corrected chi connectivity index (χ3v) is 5.62. The molecule has 1 fully saturated rings. The van der Waals surface area contributed by atoms with Gasteiger partial charge in [-0.25, -0.2) is 8.42 Å². The normalized spacial score (nSPS) is 20.7. The van der Waals surface area contributed by atoms with Crippen molar-refractivity contribution < 1.29 is 8.42 Å². The fourth-order valence-corrected chi connectivity index (χ4v) is 4.63. The van der Waals surface area contributed by atoms with Crippen LogP contribution in [0.25, 0.3) is 0 Å². The lowest BCUT2D eigenvalue weighted by Gasteiger charge is -2.22. The number of hydrogen-bond acceptors (Lipinski definition) is 3. The molecule has 1 aliphatic rings. The lowest BCUT2D eigenvalue weighted by Crippen LogP contribution is -2.39. The van der Waals surface area contributed by atoms with E-state index < -0.39 is 10.0 Å². The van der Waals surface area contributed by atoms with Crippen molar-refractivity contribution in [2.24, 2.45) is 5.73 Å². The third kappa shape index (κ3) is 3.16. The molecule has 0 radical (unpaired) electrons. The maximum absolute atomic E-state index is 12.4. The third-order valence-electron chi connectivity index (χ3n) is 3.00. The second-order valence-corrected chi connectivity index (χ2v) is 7.24. The second kappa shape index (κ2) is 6.51. The molecule has 1 saturated heterocycles. The molecule has 0 amide bonds. The van der Waals surface area contributed by atoms with Gasteiger partial charge in [-0.2, -0.15) is 4.31 Å². The Kier molecular flexibility index (Phi) is 5.85. The standard InChI is InChI=1S/C11H15IN2O2S.ClH/c12-9-3-1-5-11(7-9)17(15,16)14-6-2-4-10(14)8-13;/h1,3,5,7,10H,2,4,6,8,13H2;1H. The van der Waals surface area contributed by atoms with Crippen LogP contribution in [0.1, 0.15) is 12.8 Å². The first-order valence-electron chi connectivity index (χ1n) is 5.53. The van der Waals surface area contributed by atoms with Gasteiger partial charge in [0.05, 0.1) is 4.90 Å². The van der Waals surface area contributed by atoms with Crippen LogP contribution >= 0.6 is 35.0 Å². The predicted octanol–water partition coefficient (Wildman–Crippen LogP) is 1.82. The molecule has 102 valence electrons. The van der Waals surface area contributed by atoms with E-state index in [4.69, 9.17) is 5.73 Å². The lowest BCUT2D eigenvalue weighted by atomic mass is 10.2. The predicted molar refractivity (Wildman–Crippen MR) is 82.4 cm³/mol. The number of nitrogens with zero attached hydrogens (tertiary/aromatic N) is 1. The first-order chi connectivity index (χ1) is 8.05. The van der Waals surface area contributed by atoms with Gasteiger partial charge < -0.3 is 5.73 Å². The molecular weight excluding hydrogens is 387 g/mol. The van der Waals surface area contributed by atoms with E-state index in [1.54, 1.807) is 22.5 Å². The lowest BCUT2D eigenvalue weighted by molar-refractivity contribution is 0.393. The van der Waals surface area contributed by atoms with Crippen molar-refractivity contribution in [1.82, 2.24) is 4.31 Å². The number of sulfonamides is 1. The highest BCUT2D eigenvalue weighted by Gasteiger charge is 2.34. The van der Waals surface area contributed by atoms with Crippen molar-refractivity contribution in [1.29, 1.82) is 0 Å². The minimum absolute atomic E-state index is 0. The molecule has 1 heterocycles. The molecule has 0 saturated carbocycles. The van der Waals surface area contributed by atoms with Gasteiger partial charge in [-0.3, -0.25) is 0 Å². The molecule has 7 heteroatoms. The van der Waals surface area contributed by atoms with Crippen LogP contribution in [0.3, 0.4) is 0 Å². The van der Waals surface area contributed by atoms with Crippen LogP contribution in [0.5, 0.6) is 0 Å². The SMILES string of the molecule is Cl.NCC1CCCN1S(=O)(=O)c1cccc(I)c1. The summed E-state index contributed by atoms with van der Waals surface area (Å²) in [7, 11) is -3.37. The highest BCUT2D eigenvalue weighted by atomic mass is 127. The van der Waals surface area contributed by atoms with Crippen LogP contribution in [0.15, 0.2) is 29.2 Å². The van der Waals surface area contributed by atoms with Gasteiger partial charge in [0.15, 0.2) is 0 Å². The highest BCUT2D eigenvalue weighted by molar-refractivity contribution is 14.1. The molecule has 1 aliphatic heterocycles. The average molecular weight is 403 g/mol. The van der Waals surface area contributed by atoms with E-state index in [2.05, 4.69) is 22.6 Å². The van der Waals surface area contributed by atoms with Gasteiger partial charge in [0.2, 0.25) is 10.0 Å². The van der Waals surface area contributed by atoms with Gasteiger partial charge in [-0.15, -0.1) is 12.4 Å². The van der Waals surface area contributed by atoms with Gasteiger partial charge in [0.1, 0.15) is 0 Å². The first-order valence-corrected chi connectivity index (χ1v) is 8.05. The Morgan fingerprint density at radius 1 is 1.44 bits per heavy atom. The van der Waals surface area contributed by atoms with Crippen LogP contribution in [-0.2, 0) is 10.0 Å². The van der Waals surface area contributed by atoms with E-state index in [-0.39, 0.29) is 18.4 Å². The molecule has 1 aromatic carbocycles. The zero-order valence-electron chi connectivity index (χ0n) is 9.75. The van der Waals surface area contributed by atoms with Crippen molar-refractivity contribution >= 4 is 45.0 Å². The molecule has 0 spiro atoms. The van der Waals surface area contributed by atoms with Crippen molar-refractivity contribution in [2.45, 2.75) is 23.8 Å². The van der Waals surface area contributed by atoms with E-state index in [1.165, 1.54) is 0 Å². The van der Waals surface area contributed by atoms with E-state index in [1.807, 2.05) is 6.07 Å². The molecule has 4 nitrogen and oxygen atoms in total. The monoisotopic (exact) mass is 402 g/mol. The van der Waals surface area contributed by atoms with E-state index in [0.717, 1.165) is 16.4 Å². The van der Waals surface area contributed by atoms with Gasteiger partial charge in [0.25, 0.3) is 0 Å². The molecule has 1 unspecified atom stereocenters. The van der Waals surface area contributed by atoms with Crippen molar-refractivity contribution in [3.63, 3.8) is 0 Å². The quantitative estimate of drug-likeness (QED) is 0.785. The fraction of sp³-hybridized carbons (Fsp3) is 0.455. The summed E-state index contributed by atoms with van der Waals surface area (Å²) in [4.78, 5) is 0.366. The van der Waals surface area contributed by atoms with E-state index >= 15 is 0 Å². The Morgan fingerprint density at radius 3 is 2.78 bits per heavy atom. The number of benzene rings is 1. The Balaban J connectivity index is 0.00000162. The molecule has 0 aromatic heterocycles. The maximum atomic E-state index is 12.4. The Morgan fingerprint density at radius 2 is 2.17 bits per heavy atom. The van der Waals surface area contributed by atoms with Gasteiger partial charge >= 0.3 is 0 Å². The summed E-state index contributed by atoms with van der Waals surface area (Å²) in [5, 5.41) is 0. The molecular formula is C11H16ClIN2O2S. The largest absolute Gasteiger partial charge is 0.329 e. The molecule has 0 bridgehead atoms. The molecule has 1 atom stereocenters. The summed E-state index contributed by atoms with van der Waals surface area (Å²) in [6, 6.07) is 6.94. The Bertz CT molecular complexity index is 510. The molecule has 18 heavy (non-hydrogen) atoms. The van der Waals surface area contributed by atoms with Crippen LogP contribution in [0.4, 0.5) is 0 Å². The fourth-order valence-electron chi connectivity index (χ4n) is 2.12. The van der Waals surface area contributed by atoms with Crippen molar-refractivity contribution in [3.8, 4) is 0 Å². The highest BCUT2D eigenvalue weighted by Crippen LogP contribution is 2.26. The summed E-state index contributed by atoms with van der Waals surface area (Å²) in [6.45, 7) is 0.971. The maximum Gasteiger partial charge on any atom is 0.243 e. The summed E-state index contributed by atoms with van der Waals surface area (Å²) >= 11 is 2.12. The van der Waals surface area contributed by atoms with Crippen molar-refractivity contribution in [2.75, 3.05) is 13.1 Å². The number of hydrogen-bond donors (Lipinski definition) is 1. The van der Waals surface area contributed by atoms with Gasteiger partial charge in [-0.1, -0.05) is 6.07 Å². The number of rotatable bonds is 3. The second-order valence-electron chi connectivity index (χ2n) is 4.10. The Hall–Kier alpha value is 0.110. The summed E-state index contributed by atoms with van der Waals surface area (Å²) in [5.74, 6) is 0. The van der Waals surface area contributed by atoms with Crippen LogP contribution in [-0.4, -0.2) is 31.9 Å². The van der Waals surface area contributed by atoms with E-state index in [0.29, 0.717) is 18.0 Å². The van der Waals surface area contributed by atoms with Crippen molar-refractivity contribution in [3.05, 3.63) is 27.8 Å². The minimum atomic E-state index is -3.37. The smallest absolute Gasteiger partial charge is 0.243 e. The molecule has 1 aromatic rings. The van der Waals surface area contributed by atoms with Gasteiger partial charge in [0, 0.05) is 22.7 Å². The first kappa shape index (κ1) is 16.2. The number of nitrogens with two attached hydrogens (primary N) is 1. The summed E-state index contributed by atoms with van der Waals surface area (Å²) in [5.41, 5.74) is 5.62. The average Bonchev–Trinajstić information content (AvgIpc) is 2.77. The minimum Gasteiger partial charge on any atom is -0.329 e. The summed E-state index contributed by atoms with van der Waals surface area (Å²) in [6.07, 6.45) is 1.75. The molecule has 2 rings (SSSR count). The van der Waals surface area contributed by atoms with Gasteiger partial charge in [-0.05, 0) is 53.6 Å². The number of halogens is 2. The topological polar surface area (TPSA) is 63.4 Å².